The zero-order valence-corrected chi connectivity index (χ0v) is 11.3. The summed E-state index contributed by atoms with van der Waals surface area (Å²) in [6, 6.07) is 20.1. The van der Waals surface area contributed by atoms with Crippen molar-refractivity contribution in [3.05, 3.63) is 71.8 Å². The quantitative estimate of drug-likeness (QED) is 0.853. The fraction of sp³-hybridized carbons (Fsp3) is 0.294. The molecule has 1 aliphatic rings. The van der Waals surface area contributed by atoms with Gasteiger partial charge in [0, 0.05) is 5.56 Å². The molecule has 1 heterocycles. The van der Waals surface area contributed by atoms with Crippen molar-refractivity contribution in [1.82, 2.24) is 0 Å². The van der Waals surface area contributed by atoms with Gasteiger partial charge in [-0.05, 0) is 5.56 Å². The highest BCUT2D eigenvalue weighted by Crippen LogP contribution is 2.23. The van der Waals surface area contributed by atoms with E-state index in [2.05, 4.69) is 12.1 Å². The highest BCUT2D eigenvalue weighted by atomic mass is 16.7. The van der Waals surface area contributed by atoms with Crippen LogP contribution in [0, 0.1) is 0 Å². The Kier molecular flexibility index (Phi) is 4.43. The molecule has 1 aliphatic heterocycles. The molecule has 2 aromatic rings. The Hall–Kier alpha value is -1.68. The largest absolute Gasteiger partial charge is 0.369 e. The number of rotatable bonds is 4. The highest BCUT2D eigenvalue weighted by molar-refractivity contribution is 5.16. The lowest BCUT2D eigenvalue weighted by Crippen LogP contribution is -2.33. The average Bonchev–Trinajstić information content (AvgIpc) is 2.55. The van der Waals surface area contributed by atoms with E-state index in [-0.39, 0.29) is 12.4 Å². The molecule has 20 heavy (non-hydrogen) atoms. The van der Waals surface area contributed by atoms with Gasteiger partial charge in [-0.3, -0.25) is 0 Å². The summed E-state index contributed by atoms with van der Waals surface area (Å²) in [5.74, 6) is 0. The van der Waals surface area contributed by atoms with E-state index in [1.807, 2.05) is 48.5 Å². The van der Waals surface area contributed by atoms with E-state index in [0.29, 0.717) is 19.8 Å². The lowest BCUT2D eigenvalue weighted by molar-refractivity contribution is -0.232. The van der Waals surface area contributed by atoms with E-state index in [4.69, 9.17) is 14.2 Å². The van der Waals surface area contributed by atoms with Crippen molar-refractivity contribution in [2.24, 2.45) is 0 Å². The van der Waals surface area contributed by atoms with Crippen LogP contribution in [0.3, 0.4) is 0 Å². The summed E-state index contributed by atoms with van der Waals surface area (Å²) in [6.45, 7) is 1.72. The Morgan fingerprint density at radius 1 is 0.850 bits per heavy atom. The first-order valence-electron chi connectivity index (χ1n) is 6.85. The summed E-state index contributed by atoms with van der Waals surface area (Å²) in [4.78, 5) is 0. The van der Waals surface area contributed by atoms with E-state index in [1.165, 1.54) is 0 Å². The summed E-state index contributed by atoms with van der Waals surface area (Å²) >= 11 is 0. The van der Waals surface area contributed by atoms with Crippen LogP contribution in [0.25, 0.3) is 0 Å². The molecule has 0 amide bonds. The summed E-state index contributed by atoms with van der Waals surface area (Å²) in [7, 11) is 0. The van der Waals surface area contributed by atoms with Gasteiger partial charge in [0.05, 0.1) is 19.8 Å². The second-order valence-electron chi connectivity index (χ2n) is 4.83. The second-order valence-corrected chi connectivity index (χ2v) is 4.83. The van der Waals surface area contributed by atoms with Crippen LogP contribution in [0.1, 0.15) is 17.4 Å². The maximum absolute atomic E-state index is 5.80. The van der Waals surface area contributed by atoms with Gasteiger partial charge in [0.25, 0.3) is 0 Å². The smallest absolute Gasteiger partial charge is 0.184 e. The molecule has 0 aliphatic carbocycles. The van der Waals surface area contributed by atoms with Gasteiger partial charge in [-0.2, -0.15) is 0 Å². The van der Waals surface area contributed by atoms with Crippen LogP contribution in [0.15, 0.2) is 60.7 Å². The van der Waals surface area contributed by atoms with Gasteiger partial charge in [0.2, 0.25) is 0 Å². The van der Waals surface area contributed by atoms with E-state index in [9.17, 15) is 0 Å². The summed E-state index contributed by atoms with van der Waals surface area (Å²) < 4.78 is 17.2. The Labute approximate surface area is 119 Å². The average molecular weight is 270 g/mol. The molecule has 3 rings (SSSR count). The van der Waals surface area contributed by atoms with Crippen molar-refractivity contribution in [1.29, 1.82) is 0 Å². The highest BCUT2D eigenvalue weighted by Gasteiger charge is 2.23. The van der Waals surface area contributed by atoms with Crippen LogP contribution in [0.2, 0.25) is 0 Å². The number of hydrogen-bond donors (Lipinski definition) is 0. The molecule has 0 N–H and O–H groups in total. The SMILES string of the molecule is c1ccc(CO[C@H]2CO[C@@H](c3ccccc3)OC2)cc1. The monoisotopic (exact) mass is 270 g/mol. The summed E-state index contributed by atoms with van der Waals surface area (Å²) in [5, 5.41) is 0. The zero-order valence-electron chi connectivity index (χ0n) is 11.3. The minimum atomic E-state index is -0.271. The van der Waals surface area contributed by atoms with E-state index >= 15 is 0 Å². The van der Waals surface area contributed by atoms with Gasteiger partial charge in [0.1, 0.15) is 6.10 Å². The van der Waals surface area contributed by atoms with Gasteiger partial charge in [0.15, 0.2) is 6.29 Å². The van der Waals surface area contributed by atoms with Crippen LogP contribution in [-0.2, 0) is 20.8 Å². The minimum Gasteiger partial charge on any atom is -0.369 e. The fourth-order valence-corrected chi connectivity index (χ4v) is 2.17. The standard InChI is InChI=1S/C17H18O3/c1-3-7-14(8-4-1)11-18-16-12-19-17(20-13-16)15-9-5-2-6-10-15/h1-10,16-17H,11-13H2/t16-,17+. The fourth-order valence-electron chi connectivity index (χ4n) is 2.17. The van der Waals surface area contributed by atoms with E-state index in [0.717, 1.165) is 11.1 Å². The third-order valence-corrected chi connectivity index (χ3v) is 3.27. The first kappa shape index (κ1) is 13.3. The molecule has 0 unspecified atom stereocenters. The van der Waals surface area contributed by atoms with Crippen molar-refractivity contribution in [2.75, 3.05) is 13.2 Å². The predicted molar refractivity (Wildman–Crippen MR) is 76.1 cm³/mol. The Balaban J connectivity index is 1.47. The van der Waals surface area contributed by atoms with Crippen LogP contribution >= 0.6 is 0 Å². The number of ether oxygens (including phenoxy) is 3. The first-order valence-corrected chi connectivity index (χ1v) is 6.85. The molecule has 104 valence electrons. The molecule has 0 saturated carbocycles. The molecule has 0 spiro atoms. The molecule has 3 heteroatoms. The van der Waals surface area contributed by atoms with Gasteiger partial charge in [-0.1, -0.05) is 60.7 Å². The molecule has 0 radical (unpaired) electrons. The van der Waals surface area contributed by atoms with Crippen LogP contribution < -0.4 is 0 Å². The molecule has 3 nitrogen and oxygen atoms in total. The van der Waals surface area contributed by atoms with Gasteiger partial charge in [-0.15, -0.1) is 0 Å². The molecule has 0 atom stereocenters. The lowest BCUT2D eigenvalue weighted by atomic mass is 10.2. The van der Waals surface area contributed by atoms with Gasteiger partial charge >= 0.3 is 0 Å². The molecule has 0 aromatic heterocycles. The van der Waals surface area contributed by atoms with Crippen molar-refractivity contribution >= 4 is 0 Å². The van der Waals surface area contributed by atoms with Crippen molar-refractivity contribution < 1.29 is 14.2 Å². The second kappa shape index (κ2) is 6.66. The Morgan fingerprint density at radius 2 is 1.45 bits per heavy atom. The van der Waals surface area contributed by atoms with Crippen molar-refractivity contribution in [3.63, 3.8) is 0 Å². The third-order valence-electron chi connectivity index (χ3n) is 3.27. The van der Waals surface area contributed by atoms with Crippen LogP contribution in [0.5, 0.6) is 0 Å². The Morgan fingerprint density at radius 3 is 2.10 bits per heavy atom. The van der Waals surface area contributed by atoms with Crippen LogP contribution in [-0.4, -0.2) is 19.3 Å². The van der Waals surface area contributed by atoms with Crippen molar-refractivity contribution in [2.45, 2.75) is 19.0 Å². The van der Waals surface area contributed by atoms with Gasteiger partial charge in [-0.25, -0.2) is 0 Å². The lowest BCUT2D eigenvalue weighted by Gasteiger charge is -2.29. The zero-order chi connectivity index (χ0) is 13.6. The van der Waals surface area contributed by atoms with Crippen molar-refractivity contribution in [3.8, 4) is 0 Å². The molecule has 2 aromatic carbocycles. The van der Waals surface area contributed by atoms with E-state index < -0.39 is 0 Å². The first-order chi connectivity index (χ1) is 9.92. The molecule has 1 fully saturated rings. The summed E-state index contributed by atoms with van der Waals surface area (Å²) in [6.07, 6.45) is -0.275. The third kappa shape index (κ3) is 3.45. The molecule has 1 saturated heterocycles. The topological polar surface area (TPSA) is 27.7 Å². The predicted octanol–water partition coefficient (Wildman–Crippen LogP) is 3.32. The summed E-state index contributed by atoms with van der Waals surface area (Å²) in [5.41, 5.74) is 2.21. The Bertz CT molecular complexity index is 504. The number of hydrogen-bond acceptors (Lipinski definition) is 3. The molecular formula is C17H18O3. The van der Waals surface area contributed by atoms with Crippen LogP contribution in [0.4, 0.5) is 0 Å². The maximum atomic E-state index is 5.80. The number of benzene rings is 2. The minimum absolute atomic E-state index is 0.00447. The van der Waals surface area contributed by atoms with E-state index in [1.54, 1.807) is 0 Å². The molecule has 0 bridgehead atoms. The van der Waals surface area contributed by atoms with Gasteiger partial charge < -0.3 is 14.2 Å². The normalized spacial score (nSPS) is 22.6. The maximum Gasteiger partial charge on any atom is 0.184 e. The molecular weight excluding hydrogens is 252 g/mol.